The van der Waals surface area contributed by atoms with Crippen LogP contribution >= 0.6 is 11.8 Å². The third-order valence-electron chi connectivity index (χ3n) is 2.12. The van der Waals surface area contributed by atoms with E-state index >= 15 is 0 Å². The van der Waals surface area contributed by atoms with Crippen molar-refractivity contribution in [3.63, 3.8) is 0 Å². The van der Waals surface area contributed by atoms with Crippen LogP contribution < -0.4 is 11.1 Å². The molecule has 7 heteroatoms. The molecule has 17 heavy (non-hydrogen) atoms. The number of nitrogens with one attached hydrogen (secondary N) is 1. The molecule has 3 amide bonds. The van der Waals surface area contributed by atoms with Crippen LogP contribution in [0.4, 0.5) is 4.79 Å². The fourth-order valence-corrected chi connectivity index (χ4v) is 2.28. The summed E-state index contributed by atoms with van der Waals surface area (Å²) >= 11 is 1.31. The van der Waals surface area contributed by atoms with E-state index in [-0.39, 0.29) is 11.8 Å². The Labute approximate surface area is 104 Å². The summed E-state index contributed by atoms with van der Waals surface area (Å²) in [4.78, 5) is 26.6. The Balaban J connectivity index is 2.77. The van der Waals surface area contributed by atoms with Crippen molar-refractivity contribution < 1.29 is 9.59 Å². The molecule has 0 aromatic carbocycles. The van der Waals surface area contributed by atoms with Crippen LogP contribution in [-0.4, -0.2) is 26.7 Å². The first-order valence-electron chi connectivity index (χ1n) is 5.16. The number of hydrogen-bond acceptors (Lipinski definition) is 4. The Morgan fingerprint density at radius 2 is 2.18 bits per heavy atom. The number of rotatable bonds is 4. The van der Waals surface area contributed by atoms with Crippen molar-refractivity contribution in [3.05, 3.63) is 12.4 Å². The molecule has 1 atom stereocenters. The van der Waals surface area contributed by atoms with Gasteiger partial charge in [0.1, 0.15) is 0 Å². The number of urea groups is 1. The lowest BCUT2D eigenvalue weighted by atomic mass is 10.1. The van der Waals surface area contributed by atoms with Gasteiger partial charge in [0.15, 0.2) is 5.16 Å². The summed E-state index contributed by atoms with van der Waals surface area (Å²) < 4.78 is 1.82. The summed E-state index contributed by atoms with van der Waals surface area (Å²) in [5.74, 6) is -0.323. The molecule has 94 valence electrons. The van der Waals surface area contributed by atoms with E-state index in [1.54, 1.807) is 12.4 Å². The van der Waals surface area contributed by atoms with Gasteiger partial charge in [0.05, 0.1) is 5.25 Å². The summed E-state index contributed by atoms with van der Waals surface area (Å²) in [6, 6.07) is -0.832. The molecular formula is C10H16N4O2S. The second kappa shape index (κ2) is 5.72. The number of hydrogen-bond donors (Lipinski definition) is 2. The molecule has 0 bridgehead atoms. The highest BCUT2D eigenvalue weighted by Gasteiger charge is 2.25. The molecule has 1 heterocycles. The van der Waals surface area contributed by atoms with Crippen LogP contribution in [0.25, 0.3) is 0 Å². The van der Waals surface area contributed by atoms with E-state index in [1.807, 2.05) is 25.5 Å². The maximum atomic E-state index is 11.8. The third-order valence-corrected chi connectivity index (χ3v) is 3.74. The summed E-state index contributed by atoms with van der Waals surface area (Å²) in [6.07, 6.45) is 3.46. The van der Waals surface area contributed by atoms with E-state index in [4.69, 9.17) is 5.73 Å². The standard InChI is InChI=1S/C10H16N4O2S/c1-6(2)7(8(15)13-9(11)16)17-10-12-4-5-14(10)3/h4-7H,1-3H3,(H3,11,13,15,16)/t7-/m1/s1. The predicted octanol–water partition coefficient (Wildman–Crippen LogP) is 0.732. The Bertz CT molecular complexity index is 416. The zero-order chi connectivity index (χ0) is 13.0. The number of carbonyl (C=O) groups excluding carboxylic acids is 2. The van der Waals surface area contributed by atoms with Gasteiger partial charge >= 0.3 is 6.03 Å². The van der Waals surface area contributed by atoms with Crippen LogP contribution in [0.2, 0.25) is 0 Å². The van der Waals surface area contributed by atoms with Crippen molar-refractivity contribution >= 4 is 23.7 Å². The molecule has 0 aliphatic heterocycles. The smallest absolute Gasteiger partial charge is 0.318 e. The van der Waals surface area contributed by atoms with E-state index < -0.39 is 11.3 Å². The molecule has 6 nitrogen and oxygen atoms in total. The number of aromatic nitrogens is 2. The molecule has 1 aromatic rings. The molecule has 0 saturated carbocycles. The molecule has 1 rings (SSSR count). The van der Waals surface area contributed by atoms with Gasteiger partial charge in [0.25, 0.3) is 0 Å². The molecule has 0 unspecified atom stereocenters. The summed E-state index contributed by atoms with van der Waals surface area (Å²) in [7, 11) is 1.85. The number of nitrogens with two attached hydrogens (primary N) is 1. The SMILES string of the molecule is CC(C)[C@@H](Sc1nccn1C)C(=O)NC(N)=O. The lowest BCUT2D eigenvalue weighted by Gasteiger charge is -2.18. The number of thioether (sulfide) groups is 1. The summed E-state index contributed by atoms with van der Waals surface area (Å²) in [5.41, 5.74) is 4.93. The molecule has 0 fully saturated rings. The van der Waals surface area contributed by atoms with Crippen LogP contribution in [0, 0.1) is 5.92 Å². The van der Waals surface area contributed by atoms with E-state index in [2.05, 4.69) is 10.3 Å². The molecular weight excluding hydrogens is 240 g/mol. The van der Waals surface area contributed by atoms with E-state index in [9.17, 15) is 9.59 Å². The van der Waals surface area contributed by atoms with Gasteiger partial charge in [-0.1, -0.05) is 25.6 Å². The number of amides is 3. The topological polar surface area (TPSA) is 90.0 Å². The minimum absolute atomic E-state index is 0.0658. The van der Waals surface area contributed by atoms with Gasteiger partial charge in [-0.15, -0.1) is 0 Å². The molecule has 0 aliphatic carbocycles. The summed E-state index contributed by atoms with van der Waals surface area (Å²) in [6.45, 7) is 3.81. The van der Waals surface area contributed by atoms with Gasteiger partial charge in [0, 0.05) is 19.4 Å². The Kier molecular flexibility index (Phi) is 4.56. The molecule has 0 saturated heterocycles. The Morgan fingerprint density at radius 1 is 1.53 bits per heavy atom. The third kappa shape index (κ3) is 3.77. The van der Waals surface area contributed by atoms with Gasteiger partial charge in [-0.05, 0) is 5.92 Å². The maximum Gasteiger partial charge on any atom is 0.318 e. The fourth-order valence-electron chi connectivity index (χ4n) is 1.26. The van der Waals surface area contributed by atoms with Crippen molar-refractivity contribution in [1.82, 2.24) is 14.9 Å². The van der Waals surface area contributed by atoms with Gasteiger partial charge in [-0.25, -0.2) is 9.78 Å². The molecule has 1 aromatic heterocycles. The summed E-state index contributed by atoms with van der Waals surface area (Å²) in [5, 5.41) is 2.42. The van der Waals surface area contributed by atoms with Gasteiger partial charge in [-0.3, -0.25) is 10.1 Å². The fraction of sp³-hybridized carbons (Fsp3) is 0.500. The molecule has 0 spiro atoms. The Morgan fingerprint density at radius 3 is 2.59 bits per heavy atom. The van der Waals surface area contributed by atoms with Crippen LogP contribution in [0.15, 0.2) is 17.6 Å². The number of aryl methyl sites for hydroxylation is 1. The largest absolute Gasteiger partial charge is 0.351 e. The maximum absolute atomic E-state index is 11.8. The second-order valence-corrected chi connectivity index (χ2v) is 5.07. The van der Waals surface area contributed by atoms with Crippen LogP contribution in [0.1, 0.15) is 13.8 Å². The average molecular weight is 256 g/mol. The molecule has 3 N–H and O–H groups in total. The zero-order valence-electron chi connectivity index (χ0n) is 10.0. The zero-order valence-corrected chi connectivity index (χ0v) is 10.8. The van der Waals surface area contributed by atoms with Gasteiger partial charge < -0.3 is 10.3 Å². The second-order valence-electron chi connectivity index (χ2n) is 3.96. The number of imide groups is 1. The van der Waals surface area contributed by atoms with E-state index in [1.165, 1.54) is 11.8 Å². The Hall–Kier alpha value is -1.50. The average Bonchev–Trinajstić information content (AvgIpc) is 2.58. The molecule has 0 radical (unpaired) electrons. The monoisotopic (exact) mass is 256 g/mol. The molecule has 0 aliphatic rings. The van der Waals surface area contributed by atoms with Crippen LogP contribution in [0.5, 0.6) is 0 Å². The van der Waals surface area contributed by atoms with Crippen molar-refractivity contribution in [2.75, 3.05) is 0 Å². The van der Waals surface area contributed by atoms with Gasteiger partial charge in [0.2, 0.25) is 5.91 Å². The van der Waals surface area contributed by atoms with Crippen molar-refractivity contribution in [1.29, 1.82) is 0 Å². The lowest BCUT2D eigenvalue weighted by molar-refractivity contribution is -0.120. The highest BCUT2D eigenvalue weighted by molar-refractivity contribution is 8.00. The number of primary amides is 1. The van der Waals surface area contributed by atoms with E-state index in [0.29, 0.717) is 0 Å². The first-order valence-corrected chi connectivity index (χ1v) is 6.04. The quantitative estimate of drug-likeness (QED) is 0.777. The number of nitrogens with zero attached hydrogens (tertiary/aromatic N) is 2. The van der Waals surface area contributed by atoms with E-state index in [0.717, 1.165) is 5.16 Å². The number of imidazole rings is 1. The minimum atomic E-state index is -0.832. The van der Waals surface area contributed by atoms with Crippen LogP contribution in [0.3, 0.4) is 0 Å². The highest BCUT2D eigenvalue weighted by Crippen LogP contribution is 2.26. The van der Waals surface area contributed by atoms with Crippen LogP contribution in [-0.2, 0) is 11.8 Å². The first kappa shape index (κ1) is 13.6. The van der Waals surface area contributed by atoms with Crippen molar-refractivity contribution in [3.8, 4) is 0 Å². The van der Waals surface area contributed by atoms with Crippen molar-refractivity contribution in [2.24, 2.45) is 18.7 Å². The predicted molar refractivity (Wildman–Crippen MR) is 65.4 cm³/mol. The number of carbonyl (C=O) groups is 2. The highest BCUT2D eigenvalue weighted by atomic mass is 32.2. The van der Waals surface area contributed by atoms with Crippen molar-refractivity contribution in [2.45, 2.75) is 24.3 Å². The van der Waals surface area contributed by atoms with Gasteiger partial charge in [-0.2, -0.15) is 0 Å². The normalized spacial score (nSPS) is 12.5. The lowest BCUT2D eigenvalue weighted by Crippen LogP contribution is -2.42. The first-order chi connectivity index (χ1) is 7.91. The minimum Gasteiger partial charge on any atom is -0.351 e.